The van der Waals surface area contributed by atoms with Crippen LogP contribution in [0.3, 0.4) is 0 Å². The standard InChI is InChI=1S/C68H55NO/c1-67(2,3)47-41-46(42-48(43-47)68(4,5)6)50-29-17-22-45-23-18-32-57(65(45)50)55-26-10-14-35-61(55)69(62-36-15-11-27-56(62)58-33-20-38-64-66(58)59-28-12-16-37-63(59)70-64)60-34-13-9-25-54(60)52-31-19-30-51-49-24-8-7-21-44(49)39-40-53(51)52/h7-43H,1-6H3. The van der Waals surface area contributed by atoms with E-state index in [0.717, 1.165) is 61.3 Å². The van der Waals surface area contributed by atoms with E-state index in [2.05, 4.69) is 265 Å². The summed E-state index contributed by atoms with van der Waals surface area (Å²) >= 11 is 0. The molecule has 12 rings (SSSR count). The van der Waals surface area contributed by atoms with Gasteiger partial charge in [0.1, 0.15) is 11.2 Å². The van der Waals surface area contributed by atoms with E-state index in [4.69, 9.17) is 4.42 Å². The summed E-state index contributed by atoms with van der Waals surface area (Å²) in [5, 5.41) is 9.60. The Kier molecular flexibility index (Phi) is 10.3. The molecule has 70 heavy (non-hydrogen) atoms. The van der Waals surface area contributed by atoms with E-state index >= 15 is 0 Å². The maximum atomic E-state index is 6.54. The molecule has 0 saturated carbocycles. The van der Waals surface area contributed by atoms with E-state index in [-0.39, 0.29) is 10.8 Å². The molecule has 0 bridgehead atoms. The average Bonchev–Trinajstić information content (AvgIpc) is 3.77. The number of furan rings is 1. The van der Waals surface area contributed by atoms with Crippen molar-refractivity contribution >= 4 is 71.3 Å². The van der Waals surface area contributed by atoms with E-state index < -0.39 is 0 Å². The van der Waals surface area contributed by atoms with Crippen molar-refractivity contribution in [2.45, 2.75) is 52.4 Å². The Morgan fingerprint density at radius 2 is 0.743 bits per heavy atom. The van der Waals surface area contributed by atoms with Gasteiger partial charge in [0.15, 0.2) is 0 Å². The lowest BCUT2D eigenvalue weighted by atomic mass is 9.78. The third-order valence-corrected chi connectivity index (χ3v) is 14.4. The van der Waals surface area contributed by atoms with Gasteiger partial charge in [-0.1, -0.05) is 236 Å². The zero-order valence-electron chi connectivity index (χ0n) is 40.7. The van der Waals surface area contributed by atoms with Gasteiger partial charge in [-0.2, -0.15) is 0 Å². The largest absolute Gasteiger partial charge is 0.456 e. The molecule has 1 heterocycles. The zero-order valence-corrected chi connectivity index (χ0v) is 40.7. The molecule has 2 nitrogen and oxygen atoms in total. The van der Waals surface area contributed by atoms with Crippen LogP contribution in [0.15, 0.2) is 229 Å². The van der Waals surface area contributed by atoms with Crippen LogP contribution in [0.5, 0.6) is 0 Å². The topological polar surface area (TPSA) is 16.4 Å². The summed E-state index contributed by atoms with van der Waals surface area (Å²) < 4.78 is 6.54. The fourth-order valence-corrected chi connectivity index (χ4v) is 10.8. The second kappa shape index (κ2) is 16.8. The lowest BCUT2D eigenvalue weighted by Crippen LogP contribution is -2.16. The summed E-state index contributed by atoms with van der Waals surface area (Å²) in [6.45, 7) is 13.9. The number of fused-ring (bicyclic) bond motifs is 7. The second-order valence-corrected chi connectivity index (χ2v) is 20.9. The van der Waals surface area contributed by atoms with Crippen LogP contribution in [0, 0.1) is 0 Å². The van der Waals surface area contributed by atoms with Crippen LogP contribution in [0.1, 0.15) is 52.7 Å². The van der Waals surface area contributed by atoms with Gasteiger partial charge in [-0.05, 0) is 112 Å². The molecular formula is C68H55NO. The van der Waals surface area contributed by atoms with Crippen LogP contribution in [0.4, 0.5) is 17.1 Å². The Morgan fingerprint density at radius 1 is 0.300 bits per heavy atom. The third-order valence-electron chi connectivity index (χ3n) is 14.4. The van der Waals surface area contributed by atoms with Gasteiger partial charge in [0, 0.05) is 27.5 Å². The first-order valence-corrected chi connectivity index (χ1v) is 24.6. The van der Waals surface area contributed by atoms with Crippen molar-refractivity contribution in [2.24, 2.45) is 0 Å². The van der Waals surface area contributed by atoms with Crippen LogP contribution >= 0.6 is 0 Å². The molecule has 2 heteroatoms. The molecule has 0 aliphatic carbocycles. The number of para-hydroxylation sites is 4. The minimum atomic E-state index is -0.0262. The molecular weight excluding hydrogens is 847 g/mol. The minimum Gasteiger partial charge on any atom is -0.456 e. The summed E-state index contributed by atoms with van der Waals surface area (Å²) in [5.41, 5.74) is 17.0. The summed E-state index contributed by atoms with van der Waals surface area (Å²) in [6.07, 6.45) is 0. The number of nitrogens with zero attached hydrogens (tertiary/aromatic N) is 1. The van der Waals surface area contributed by atoms with E-state index in [1.54, 1.807) is 0 Å². The first kappa shape index (κ1) is 43.1. The minimum absolute atomic E-state index is 0.0262. The highest BCUT2D eigenvalue weighted by Gasteiger charge is 2.27. The van der Waals surface area contributed by atoms with Crippen molar-refractivity contribution in [3.8, 4) is 44.5 Å². The number of benzene rings is 11. The molecule has 338 valence electrons. The smallest absolute Gasteiger partial charge is 0.136 e. The third kappa shape index (κ3) is 7.34. The monoisotopic (exact) mass is 901 g/mol. The van der Waals surface area contributed by atoms with Crippen molar-refractivity contribution < 1.29 is 4.42 Å². The maximum Gasteiger partial charge on any atom is 0.136 e. The van der Waals surface area contributed by atoms with Crippen LogP contribution < -0.4 is 4.90 Å². The van der Waals surface area contributed by atoms with Gasteiger partial charge >= 0.3 is 0 Å². The Bertz CT molecular complexity index is 3950. The quantitative estimate of drug-likeness (QED) is 0.148. The highest BCUT2D eigenvalue weighted by atomic mass is 16.3. The summed E-state index contributed by atoms with van der Waals surface area (Å²) in [7, 11) is 0. The van der Waals surface area contributed by atoms with Crippen LogP contribution in [-0.4, -0.2) is 0 Å². The normalized spacial score (nSPS) is 12.1. The van der Waals surface area contributed by atoms with E-state index in [0.29, 0.717) is 0 Å². The lowest BCUT2D eigenvalue weighted by Gasteiger charge is -2.32. The number of hydrogen-bond acceptors (Lipinski definition) is 2. The van der Waals surface area contributed by atoms with Crippen molar-refractivity contribution in [1.29, 1.82) is 0 Å². The number of rotatable bonds is 7. The number of anilines is 3. The molecule has 0 saturated heterocycles. The van der Waals surface area contributed by atoms with Gasteiger partial charge in [-0.15, -0.1) is 0 Å². The summed E-state index contributed by atoms with van der Waals surface area (Å²) in [4.78, 5) is 2.53. The van der Waals surface area contributed by atoms with E-state index in [9.17, 15) is 0 Å². The van der Waals surface area contributed by atoms with Gasteiger partial charge in [-0.25, -0.2) is 0 Å². The molecule has 0 unspecified atom stereocenters. The Balaban J connectivity index is 1.16. The van der Waals surface area contributed by atoms with Crippen molar-refractivity contribution in [1.82, 2.24) is 0 Å². The average molecular weight is 902 g/mol. The van der Waals surface area contributed by atoms with Gasteiger partial charge in [0.05, 0.1) is 17.1 Å². The Labute approximate surface area is 411 Å². The van der Waals surface area contributed by atoms with Crippen molar-refractivity contribution in [3.05, 3.63) is 236 Å². The molecule has 0 aliphatic rings. The SMILES string of the molecule is CC(C)(C)c1cc(-c2cccc3cccc(-c4ccccc4N(c4ccccc4-c4cccc5c4ccc4ccccc45)c4ccccc4-c4cccc5oc6ccccc6c45)c23)cc(C(C)(C)C)c1. The van der Waals surface area contributed by atoms with Crippen LogP contribution in [0.2, 0.25) is 0 Å². The highest BCUT2D eigenvalue weighted by Crippen LogP contribution is 2.51. The first-order valence-electron chi connectivity index (χ1n) is 24.6. The van der Waals surface area contributed by atoms with Crippen molar-refractivity contribution in [2.75, 3.05) is 4.90 Å². The molecule has 11 aromatic carbocycles. The molecule has 0 fully saturated rings. The molecule has 0 N–H and O–H groups in total. The predicted octanol–water partition coefficient (Wildman–Crippen LogP) is 19.8. The summed E-state index contributed by atoms with van der Waals surface area (Å²) in [6, 6.07) is 82.8. The maximum absolute atomic E-state index is 6.54. The zero-order chi connectivity index (χ0) is 47.7. The lowest BCUT2D eigenvalue weighted by molar-refractivity contribution is 0.569. The molecule has 0 atom stereocenters. The highest BCUT2D eigenvalue weighted by molar-refractivity contribution is 6.16. The molecule has 0 spiro atoms. The van der Waals surface area contributed by atoms with Gasteiger partial charge < -0.3 is 9.32 Å². The van der Waals surface area contributed by atoms with Gasteiger partial charge in [0.2, 0.25) is 0 Å². The second-order valence-electron chi connectivity index (χ2n) is 20.9. The van der Waals surface area contributed by atoms with E-state index in [1.165, 1.54) is 65.7 Å². The predicted molar refractivity (Wildman–Crippen MR) is 300 cm³/mol. The van der Waals surface area contributed by atoms with Gasteiger partial charge in [-0.3, -0.25) is 0 Å². The fourth-order valence-electron chi connectivity index (χ4n) is 10.8. The molecule has 1 aromatic heterocycles. The van der Waals surface area contributed by atoms with Gasteiger partial charge in [0.25, 0.3) is 0 Å². The first-order chi connectivity index (χ1) is 34.0. The molecule has 12 aromatic rings. The molecule has 0 aliphatic heterocycles. The molecule has 0 amide bonds. The Hall–Kier alpha value is -8.20. The fraction of sp³-hybridized carbons (Fsp3) is 0.118. The van der Waals surface area contributed by atoms with Crippen LogP contribution in [0.25, 0.3) is 98.8 Å². The van der Waals surface area contributed by atoms with Crippen LogP contribution in [-0.2, 0) is 10.8 Å². The summed E-state index contributed by atoms with van der Waals surface area (Å²) in [5.74, 6) is 0. The number of hydrogen-bond donors (Lipinski definition) is 0. The van der Waals surface area contributed by atoms with Crippen molar-refractivity contribution in [3.63, 3.8) is 0 Å². The van der Waals surface area contributed by atoms with E-state index in [1.807, 2.05) is 6.07 Å². The Morgan fingerprint density at radius 3 is 1.39 bits per heavy atom. The molecule has 0 radical (unpaired) electrons.